The van der Waals surface area contributed by atoms with Crippen molar-refractivity contribution in [1.82, 2.24) is 9.97 Å². The number of H-pyrrole nitrogens is 1. The number of hydrogen-bond donors (Lipinski definition) is 1. The number of pyridine rings is 2. The smallest absolute Gasteiger partial charge is 0.266 e. The summed E-state index contributed by atoms with van der Waals surface area (Å²) >= 11 is 1.74. The molecule has 0 fully saturated rings. The van der Waals surface area contributed by atoms with Gasteiger partial charge < -0.3 is 4.98 Å². The van der Waals surface area contributed by atoms with E-state index in [4.69, 9.17) is 5.26 Å². The van der Waals surface area contributed by atoms with Gasteiger partial charge in [0.1, 0.15) is 11.6 Å². The fourth-order valence-electron chi connectivity index (χ4n) is 2.44. The Labute approximate surface area is 114 Å². The van der Waals surface area contributed by atoms with E-state index in [0.717, 1.165) is 39.5 Å². The van der Waals surface area contributed by atoms with Crippen molar-refractivity contribution in [1.29, 1.82) is 5.26 Å². The van der Waals surface area contributed by atoms with Gasteiger partial charge in [0, 0.05) is 35.2 Å². The number of aromatic nitrogens is 2. The van der Waals surface area contributed by atoms with Crippen LogP contribution in [0.4, 0.5) is 0 Å². The number of nitriles is 1. The maximum absolute atomic E-state index is 11.9. The molecule has 0 spiro atoms. The molecule has 19 heavy (non-hydrogen) atoms. The van der Waals surface area contributed by atoms with Crippen LogP contribution in [0.2, 0.25) is 0 Å². The first kappa shape index (κ1) is 12.0. The molecule has 1 aliphatic rings. The number of nitrogens with one attached hydrogen (secondary N) is 1. The lowest BCUT2D eigenvalue weighted by Crippen LogP contribution is -2.16. The minimum atomic E-state index is -0.295. The molecule has 0 saturated heterocycles. The molecule has 2 aromatic heterocycles. The lowest BCUT2D eigenvalue weighted by molar-refractivity contribution is 1.10. The second-order valence-corrected chi connectivity index (χ2v) is 5.43. The molecule has 0 bridgehead atoms. The van der Waals surface area contributed by atoms with E-state index in [1.807, 2.05) is 25.3 Å². The summed E-state index contributed by atoms with van der Waals surface area (Å²) in [7, 11) is 0. The zero-order chi connectivity index (χ0) is 13.4. The van der Waals surface area contributed by atoms with Gasteiger partial charge in [-0.05, 0) is 29.7 Å². The molecule has 0 unspecified atom stereocenters. The largest absolute Gasteiger partial charge is 0.324 e. The Morgan fingerprint density at radius 2 is 2.32 bits per heavy atom. The minimum absolute atomic E-state index is 0.202. The zero-order valence-corrected chi connectivity index (χ0v) is 11.2. The molecule has 0 atom stereocenters. The highest BCUT2D eigenvalue weighted by Gasteiger charge is 2.20. The Bertz CT molecular complexity index is 758. The molecular weight excluding hydrogens is 258 g/mol. The van der Waals surface area contributed by atoms with Gasteiger partial charge in [-0.1, -0.05) is 0 Å². The van der Waals surface area contributed by atoms with Crippen LogP contribution in [0, 0.1) is 18.3 Å². The van der Waals surface area contributed by atoms with E-state index in [-0.39, 0.29) is 11.1 Å². The molecule has 0 aromatic carbocycles. The molecule has 1 N–H and O–H groups in total. The van der Waals surface area contributed by atoms with Gasteiger partial charge in [-0.15, -0.1) is 0 Å². The van der Waals surface area contributed by atoms with E-state index < -0.39 is 0 Å². The molecule has 0 saturated carbocycles. The number of nitrogens with zero attached hydrogens (tertiary/aromatic N) is 2. The fraction of sp³-hybridized carbons (Fsp3) is 0.214. The Kier molecular flexibility index (Phi) is 2.88. The number of thioether (sulfide) groups is 1. The van der Waals surface area contributed by atoms with Crippen LogP contribution in [-0.4, -0.2) is 9.97 Å². The Balaban J connectivity index is 2.41. The van der Waals surface area contributed by atoms with Crippen LogP contribution < -0.4 is 5.56 Å². The highest BCUT2D eigenvalue weighted by molar-refractivity contribution is 7.97. The Hall–Kier alpha value is -2.06. The van der Waals surface area contributed by atoms with E-state index in [1.54, 1.807) is 18.0 Å². The zero-order valence-electron chi connectivity index (χ0n) is 10.4. The van der Waals surface area contributed by atoms with Crippen LogP contribution in [0.1, 0.15) is 22.4 Å². The first-order valence-electron chi connectivity index (χ1n) is 5.89. The average Bonchev–Trinajstić information content (AvgIpc) is 2.58. The molecule has 5 heteroatoms. The first-order chi connectivity index (χ1) is 9.22. The van der Waals surface area contributed by atoms with Gasteiger partial charge in [-0.2, -0.15) is 17.0 Å². The monoisotopic (exact) mass is 269 g/mol. The topological polar surface area (TPSA) is 69.5 Å². The van der Waals surface area contributed by atoms with Crippen molar-refractivity contribution in [2.75, 3.05) is 0 Å². The third kappa shape index (κ3) is 1.85. The van der Waals surface area contributed by atoms with Crippen LogP contribution in [0.25, 0.3) is 11.1 Å². The fourth-order valence-corrected chi connectivity index (χ4v) is 3.41. The number of rotatable bonds is 0. The third-order valence-electron chi connectivity index (χ3n) is 3.33. The molecule has 2 aromatic rings. The Morgan fingerprint density at radius 1 is 1.47 bits per heavy atom. The second kappa shape index (κ2) is 4.56. The van der Waals surface area contributed by atoms with Crippen molar-refractivity contribution in [2.45, 2.75) is 18.4 Å². The predicted molar refractivity (Wildman–Crippen MR) is 74.7 cm³/mol. The van der Waals surface area contributed by atoms with Crippen LogP contribution in [0.3, 0.4) is 0 Å². The molecule has 3 rings (SSSR count). The summed E-state index contributed by atoms with van der Waals surface area (Å²) in [6.07, 6.45) is 3.60. The SMILES string of the molecule is Cc1c2c([nH]c(=O)c1C#N)CSCc1cnccc1-2. The second-order valence-electron chi connectivity index (χ2n) is 4.45. The van der Waals surface area contributed by atoms with Crippen LogP contribution in [0.15, 0.2) is 23.3 Å². The van der Waals surface area contributed by atoms with Gasteiger partial charge in [-0.25, -0.2) is 0 Å². The summed E-state index contributed by atoms with van der Waals surface area (Å²) in [5.74, 6) is 1.60. The molecule has 0 amide bonds. The molecular formula is C14H11N3OS. The van der Waals surface area contributed by atoms with E-state index in [9.17, 15) is 4.79 Å². The van der Waals surface area contributed by atoms with E-state index in [2.05, 4.69) is 9.97 Å². The van der Waals surface area contributed by atoms with Gasteiger partial charge in [0.05, 0.1) is 0 Å². The maximum Gasteiger partial charge on any atom is 0.266 e. The summed E-state index contributed by atoms with van der Waals surface area (Å²) in [6.45, 7) is 1.84. The quantitative estimate of drug-likeness (QED) is 0.797. The van der Waals surface area contributed by atoms with Gasteiger partial charge in [-0.3, -0.25) is 9.78 Å². The molecule has 0 radical (unpaired) electrons. The van der Waals surface area contributed by atoms with Crippen molar-refractivity contribution in [3.8, 4) is 17.2 Å². The van der Waals surface area contributed by atoms with Crippen molar-refractivity contribution in [3.05, 3.63) is 51.2 Å². The normalized spacial score (nSPS) is 13.1. The highest BCUT2D eigenvalue weighted by atomic mass is 32.2. The van der Waals surface area contributed by atoms with E-state index in [0.29, 0.717) is 0 Å². The van der Waals surface area contributed by atoms with Crippen molar-refractivity contribution >= 4 is 11.8 Å². The molecule has 4 nitrogen and oxygen atoms in total. The van der Waals surface area contributed by atoms with E-state index in [1.165, 1.54) is 0 Å². The molecule has 3 heterocycles. The molecule has 94 valence electrons. The molecule has 0 aliphatic carbocycles. The van der Waals surface area contributed by atoms with Gasteiger partial charge in [0.2, 0.25) is 0 Å². The number of aromatic amines is 1. The van der Waals surface area contributed by atoms with Gasteiger partial charge >= 0.3 is 0 Å². The van der Waals surface area contributed by atoms with Crippen molar-refractivity contribution in [3.63, 3.8) is 0 Å². The molecule has 1 aliphatic heterocycles. The van der Waals surface area contributed by atoms with Gasteiger partial charge in [0.25, 0.3) is 5.56 Å². The third-order valence-corrected chi connectivity index (χ3v) is 4.34. The van der Waals surface area contributed by atoms with Crippen LogP contribution in [-0.2, 0) is 11.5 Å². The lowest BCUT2D eigenvalue weighted by Gasteiger charge is -2.12. The minimum Gasteiger partial charge on any atom is -0.324 e. The van der Waals surface area contributed by atoms with Crippen LogP contribution >= 0.6 is 11.8 Å². The summed E-state index contributed by atoms with van der Waals surface area (Å²) < 4.78 is 0. The van der Waals surface area contributed by atoms with Crippen molar-refractivity contribution in [2.24, 2.45) is 0 Å². The summed E-state index contributed by atoms with van der Waals surface area (Å²) in [5.41, 5.74) is 4.77. The summed E-state index contributed by atoms with van der Waals surface area (Å²) in [6, 6.07) is 3.95. The average molecular weight is 269 g/mol. The van der Waals surface area contributed by atoms with Crippen molar-refractivity contribution < 1.29 is 0 Å². The lowest BCUT2D eigenvalue weighted by atomic mass is 9.94. The number of hydrogen-bond acceptors (Lipinski definition) is 4. The highest BCUT2D eigenvalue weighted by Crippen LogP contribution is 2.36. The standard InChI is InChI=1S/C14H11N3OS/c1-8-11(4-15)14(18)17-12-7-19-6-9-5-16-3-2-10(9)13(8)12/h2-3,5H,6-7H2,1H3,(H,17,18). The predicted octanol–water partition coefficient (Wildman–Crippen LogP) is 2.36. The first-order valence-corrected chi connectivity index (χ1v) is 7.04. The maximum atomic E-state index is 11.9. The van der Waals surface area contributed by atoms with E-state index >= 15 is 0 Å². The van der Waals surface area contributed by atoms with Crippen LogP contribution in [0.5, 0.6) is 0 Å². The van der Waals surface area contributed by atoms with Gasteiger partial charge in [0.15, 0.2) is 0 Å². The summed E-state index contributed by atoms with van der Waals surface area (Å²) in [4.78, 5) is 18.9. The number of fused-ring (bicyclic) bond motifs is 3. The Morgan fingerprint density at radius 3 is 3.11 bits per heavy atom. The summed E-state index contributed by atoms with van der Waals surface area (Å²) in [5, 5.41) is 9.13.